The van der Waals surface area contributed by atoms with Crippen molar-refractivity contribution in [3.63, 3.8) is 0 Å². The fourth-order valence-corrected chi connectivity index (χ4v) is 2.03. The second-order valence-corrected chi connectivity index (χ2v) is 5.75. The maximum atomic E-state index is 12.1. The molecule has 110 valence electrons. The minimum Gasteiger partial charge on any atom is -0.449 e. The van der Waals surface area contributed by atoms with Crippen molar-refractivity contribution in [2.45, 2.75) is 26.3 Å². The third-order valence-corrected chi connectivity index (χ3v) is 3.12. The Balaban J connectivity index is 0.00000200. The van der Waals surface area contributed by atoms with Gasteiger partial charge in [0.15, 0.2) is 11.3 Å². The second kappa shape index (κ2) is 6.04. The summed E-state index contributed by atoms with van der Waals surface area (Å²) in [6.45, 7) is 5.89. The molecule has 0 fully saturated rings. The van der Waals surface area contributed by atoms with Crippen molar-refractivity contribution in [3.05, 3.63) is 34.5 Å². The molecule has 1 heterocycles. The number of furan rings is 1. The Bertz CT molecular complexity index is 630. The molecule has 2 rings (SSSR count). The van der Waals surface area contributed by atoms with E-state index in [0.29, 0.717) is 17.2 Å². The van der Waals surface area contributed by atoms with Crippen molar-refractivity contribution in [1.29, 1.82) is 0 Å². The second-order valence-electron chi connectivity index (χ2n) is 5.34. The lowest BCUT2D eigenvalue weighted by Gasteiger charge is -2.18. The maximum absolute atomic E-state index is 12.1. The first-order valence-corrected chi connectivity index (χ1v) is 6.42. The standard InChI is InChI=1S/C14H17ClN2O2.ClH/c1-8-9-5-4-6-10(15)12(9)19-11(8)13(18)17-7-14(2,3)16;/h4-6H,7,16H2,1-3H3,(H,17,18);1H. The van der Waals surface area contributed by atoms with E-state index < -0.39 is 5.54 Å². The molecule has 4 nitrogen and oxygen atoms in total. The lowest BCUT2D eigenvalue weighted by Crippen LogP contribution is -2.45. The summed E-state index contributed by atoms with van der Waals surface area (Å²) in [5, 5.41) is 4.11. The number of carbonyl (C=O) groups excluding carboxylic acids is 1. The van der Waals surface area contributed by atoms with Crippen LogP contribution in [0, 0.1) is 6.92 Å². The van der Waals surface area contributed by atoms with Crippen LogP contribution in [-0.2, 0) is 0 Å². The zero-order valence-corrected chi connectivity index (χ0v) is 13.2. The van der Waals surface area contributed by atoms with Crippen molar-refractivity contribution in [2.75, 3.05) is 6.54 Å². The van der Waals surface area contributed by atoms with E-state index in [1.165, 1.54) is 0 Å². The molecule has 0 atom stereocenters. The zero-order valence-electron chi connectivity index (χ0n) is 11.6. The van der Waals surface area contributed by atoms with E-state index in [1.54, 1.807) is 6.07 Å². The van der Waals surface area contributed by atoms with Gasteiger partial charge in [0.1, 0.15) is 0 Å². The minimum absolute atomic E-state index is 0. The van der Waals surface area contributed by atoms with Gasteiger partial charge in [-0.15, -0.1) is 12.4 Å². The average molecular weight is 317 g/mol. The van der Waals surface area contributed by atoms with Crippen molar-refractivity contribution < 1.29 is 9.21 Å². The fraction of sp³-hybridized carbons (Fsp3) is 0.357. The van der Waals surface area contributed by atoms with Crippen LogP contribution in [0.4, 0.5) is 0 Å². The van der Waals surface area contributed by atoms with Gasteiger partial charge in [0.05, 0.1) is 5.02 Å². The summed E-state index contributed by atoms with van der Waals surface area (Å²) in [6.07, 6.45) is 0. The van der Waals surface area contributed by atoms with Crippen molar-refractivity contribution >= 4 is 40.9 Å². The molecule has 0 radical (unpaired) electrons. The summed E-state index contributed by atoms with van der Waals surface area (Å²) < 4.78 is 5.57. The van der Waals surface area contributed by atoms with Crippen LogP contribution in [0.15, 0.2) is 22.6 Å². The van der Waals surface area contributed by atoms with E-state index in [0.717, 1.165) is 10.9 Å². The van der Waals surface area contributed by atoms with Gasteiger partial charge in [0, 0.05) is 23.0 Å². The highest BCUT2D eigenvalue weighted by atomic mass is 35.5. The number of fused-ring (bicyclic) bond motifs is 1. The molecule has 0 saturated heterocycles. The predicted octanol–water partition coefficient (Wildman–Crippen LogP) is 3.28. The van der Waals surface area contributed by atoms with Crippen LogP contribution >= 0.6 is 24.0 Å². The van der Waals surface area contributed by atoms with Gasteiger partial charge in [-0.2, -0.15) is 0 Å². The summed E-state index contributed by atoms with van der Waals surface area (Å²) in [5.74, 6) is 0.00985. The molecule has 20 heavy (non-hydrogen) atoms. The van der Waals surface area contributed by atoms with Crippen molar-refractivity contribution in [3.8, 4) is 0 Å². The van der Waals surface area contributed by atoms with Crippen LogP contribution in [0.2, 0.25) is 5.02 Å². The van der Waals surface area contributed by atoms with Gasteiger partial charge in [0.25, 0.3) is 5.91 Å². The third kappa shape index (κ3) is 3.45. The first-order chi connectivity index (χ1) is 8.79. The van der Waals surface area contributed by atoms with Gasteiger partial charge in [-0.1, -0.05) is 23.7 Å². The average Bonchev–Trinajstić information content (AvgIpc) is 2.65. The number of amides is 1. The Morgan fingerprint density at radius 1 is 1.45 bits per heavy atom. The van der Waals surface area contributed by atoms with Gasteiger partial charge >= 0.3 is 0 Å². The summed E-state index contributed by atoms with van der Waals surface area (Å²) >= 11 is 6.05. The Kier molecular flexibility index (Phi) is 5.08. The number of carbonyl (C=O) groups is 1. The molecule has 6 heteroatoms. The highest BCUT2D eigenvalue weighted by molar-refractivity contribution is 6.35. The first kappa shape index (κ1) is 16.8. The largest absolute Gasteiger partial charge is 0.449 e. The van der Waals surface area contributed by atoms with E-state index in [2.05, 4.69) is 5.32 Å². The quantitative estimate of drug-likeness (QED) is 0.913. The molecule has 0 aliphatic rings. The number of aryl methyl sites for hydroxylation is 1. The monoisotopic (exact) mass is 316 g/mol. The molecule has 0 saturated carbocycles. The lowest BCUT2D eigenvalue weighted by atomic mass is 10.1. The number of hydrogen-bond donors (Lipinski definition) is 2. The number of halogens is 2. The molecule has 2 aromatic rings. The van der Waals surface area contributed by atoms with Gasteiger partial charge in [-0.25, -0.2) is 0 Å². The van der Waals surface area contributed by atoms with Crippen LogP contribution in [0.1, 0.15) is 30.0 Å². The van der Waals surface area contributed by atoms with Crippen LogP contribution in [-0.4, -0.2) is 18.0 Å². The van der Waals surface area contributed by atoms with E-state index in [-0.39, 0.29) is 24.1 Å². The van der Waals surface area contributed by atoms with E-state index >= 15 is 0 Å². The summed E-state index contributed by atoms with van der Waals surface area (Å²) in [5.41, 5.74) is 6.69. The van der Waals surface area contributed by atoms with Gasteiger partial charge in [0.2, 0.25) is 0 Å². The van der Waals surface area contributed by atoms with Crippen LogP contribution in [0.25, 0.3) is 11.0 Å². The van der Waals surface area contributed by atoms with E-state index in [1.807, 2.05) is 32.9 Å². The number of para-hydroxylation sites is 1. The van der Waals surface area contributed by atoms with Gasteiger partial charge < -0.3 is 15.5 Å². The Hall–Kier alpha value is -1.23. The molecule has 0 aliphatic heterocycles. The molecule has 0 unspecified atom stereocenters. The summed E-state index contributed by atoms with van der Waals surface area (Å²) in [6, 6.07) is 5.44. The SMILES string of the molecule is Cc1c(C(=O)NCC(C)(C)N)oc2c(Cl)cccc12.Cl. The predicted molar refractivity (Wildman–Crippen MR) is 83.8 cm³/mol. The molecule has 1 aromatic heterocycles. The molecule has 0 bridgehead atoms. The Morgan fingerprint density at radius 2 is 2.10 bits per heavy atom. The van der Waals surface area contributed by atoms with Crippen LogP contribution in [0.3, 0.4) is 0 Å². The summed E-state index contributed by atoms with van der Waals surface area (Å²) in [4.78, 5) is 12.1. The van der Waals surface area contributed by atoms with Crippen LogP contribution < -0.4 is 11.1 Å². The zero-order chi connectivity index (χ0) is 14.2. The number of hydrogen-bond acceptors (Lipinski definition) is 3. The first-order valence-electron chi connectivity index (χ1n) is 6.04. The number of nitrogens with two attached hydrogens (primary N) is 1. The van der Waals surface area contributed by atoms with Gasteiger partial charge in [-0.05, 0) is 26.8 Å². The highest BCUT2D eigenvalue weighted by Crippen LogP contribution is 2.30. The normalized spacial score (nSPS) is 11.2. The van der Waals surface area contributed by atoms with Crippen LogP contribution in [0.5, 0.6) is 0 Å². The molecule has 1 amide bonds. The smallest absolute Gasteiger partial charge is 0.287 e. The van der Waals surface area contributed by atoms with Gasteiger partial charge in [-0.3, -0.25) is 4.79 Å². The van der Waals surface area contributed by atoms with Crippen molar-refractivity contribution in [2.24, 2.45) is 5.73 Å². The highest BCUT2D eigenvalue weighted by Gasteiger charge is 2.20. The molecule has 1 aromatic carbocycles. The maximum Gasteiger partial charge on any atom is 0.287 e. The number of nitrogens with one attached hydrogen (secondary N) is 1. The van der Waals surface area contributed by atoms with E-state index in [9.17, 15) is 4.79 Å². The summed E-state index contributed by atoms with van der Waals surface area (Å²) in [7, 11) is 0. The Morgan fingerprint density at radius 3 is 2.65 bits per heavy atom. The lowest BCUT2D eigenvalue weighted by molar-refractivity contribution is 0.0919. The third-order valence-electron chi connectivity index (χ3n) is 2.83. The topological polar surface area (TPSA) is 68.3 Å². The Labute approximate surface area is 129 Å². The van der Waals surface area contributed by atoms with E-state index in [4.69, 9.17) is 21.8 Å². The van der Waals surface area contributed by atoms with Crippen molar-refractivity contribution in [1.82, 2.24) is 5.32 Å². The molecular formula is C14H18Cl2N2O2. The number of rotatable bonds is 3. The molecular weight excluding hydrogens is 299 g/mol. The molecule has 3 N–H and O–H groups in total. The molecule has 0 spiro atoms. The number of benzene rings is 1. The minimum atomic E-state index is -0.465. The fourth-order valence-electron chi connectivity index (χ4n) is 1.81. The molecule has 0 aliphatic carbocycles.